The maximum absolute atomic E-state index is 11.6. The summed E-state index contributed by atoms with van der Waals surface area (Å²) < 4.78 is 0.340. The fourth-order valence-corrected chi connectivity index (χ4v) is 1.63. The highest BCUT2D eigenvalue weighted by atomic mass is 79.9. The molecular weight excluding hydrogens is 306 g/mol. The number of nitro groups is 1. The van der Waals surface area contributed by atoms with Crippen molar-refractivity contribution in [2.24, 2.45) is 0 Å². The van der Waals surface area contributed by atoms with Crippen molar-refractivity contribution in [1.82, 2.24) is 15.4 Å². The van der Waals surface area contributed by atoms with Crippen LogP contribution >= 0.6 is 15.9 Å². The van der Waals surface area contributed by atoms with Gasteiger partial charge in [0.2, 0.25) is 0 Å². The summed E-state index contributed by atoms with van der Waals surface area (Å²) in [4.78, 5) is 21.8. The third-order valence-electron chi connectivity index (χ3n) is 2.05. The summed E-state index contributed by atoms with van der Waals surface area (Å²) in [6, 6.07) is 4.27. The zero-order valence-corrected chi connectivity index (χ0v) is 10.3. The minimum Gasteiger partial charge on any atom is -0.320 e. The fourth-order valence-electron chi connectivity index (χ4n) is 1.24. The molecule has 1 aromatic carbocycles. The van der Waals surface area contributed by atoms with E-state index in [4.69, 9.17) is 0 Å². The zero-order chi connectivity index (χ0) is 13.1. The number of aromatic nitrogens is 3. The molecule has 92 valence electrons. The molecule has 2 aromatic rings. The van der Waals surface area contributed by atoms with Crippen LogP contribution in [0.25, 0.3) is 0 Å². The first-order chi connectivity index (χ1) is 8.58. The van der Waals surface area contributed by atoms with Gasteiger partial charge in [0.05, 0.1) is 15.6 Å². The van der Waals surface area contributed by atoms with Gasteiger partial charge in [0.25, 0.3) is 11.6 Å². The van der Waals surface area contributed by atoms with E-state index in [1.54, 1.807) is 0 Å². The molecule has 18 heavy (non-hydrogen) atoms. The van der Waals surface area contributed by atoms with Crippen LogP contribution in [0.1, 0.15) is 10.5 Å². The Hall–Kier alpha value is -2.29. The fraction of sp³-hybridized carbons (Fsp3) is 0. The number of amides is 1. The van der Waals surface area contributed by atoms with Crippen molar-refractivity contribution in [3.05, 3.63) is 44.7 Å². The summed E-state index contributed by atoms with van der Waals surface area (Å²) in [6.45, 7) is 0. The molecule has 2 N–H and O–H groups in total. The molecular formula is C9H6BrN5O3. The maximum atomic E-state index is 11.6. The summed E-state index contributed by atoms with van der Waals surface area (Å²) in [5, 5.41) is 22.6. The van der Waals surface area contributed by atoms with Crippen LogP contribution in [0.3, 0.4) is 0 Å². The minimum absolute atomic E-state index is 0.0978. The van der Waals surface area contributed by atoms with Gasteiger partial charge in [-0.15, -0.1) is 0 Å². The molecule has 1 amide bonds. The lowest BCUT2D eigenvalue weighted by Crippen LogP contribution is -2.12. The summed E-state index contributed by atoms with van der Waals surface area (Å²) in [5.41, 5.74) is 0.270. The number of halogens is 1. The lowest BCUT2D eigenvalue weighted by Gasteiger charge is -2.03. The highest BCUT2D eigenvalue weighted by Gasteiger charge is 2.15. The van der Waals surface area contributed by atoms with Crippen LogP contribution in [0.5, 0.6) is 0 Å². The molecule has 0 saturated carbocycles. The average molecular weight is 312 g/mol. The van der Waals surface area contributed by atoms with Crippen LogP contribution in [0.4, 0.5) is 11.4 Å². The highest BCUT2D eigenvalue weighted by molar-refractivity contribution is 9.10. The molecule has 0 bridgehead atoms. The standard InChI is InChI=1S/C9H6BrN5O3/c10-6-2-1-5(3-8(6)15(17)18)12-9(16)7-4-11-14-13-7/h1-4H,(H,12,16)(H,11,13,14). The van der Waals surface area contributed by atoms with Gasteiger partial charge < -0.3 is 5.32 Å². The Morgan fingerprint density at radius 1 is 1.50 bits per heavy atom. The number of carbonyl (C=O) groups excluding carboxylic acids is 1. The largest absolute Gasteiger partial charge is 0.320 e. The molecule has 0 saturated heterocycles. The predicted molar refractivity (Wildman–Crippen MR) is 65.1 cm³/mol. The van der Waals surface area contributed by atoms with Crippen LogP contribution in [-0.2, 0) is 0 Å². The summed E-state index contributed by atoms with van der Waals surface area (Å²) >= 11 is 3.05. The van der Waals surface area contributed by atoms with E-state index >= 15 is 0 Å². The van der Waals surface area contributed by atoms with Crippen molar-refractivity contribution in [3.63, 3.8) is 0 Å². The second-order valence-electron chi connectivity index (χ2n) is 3.23. The Morgan fingerprint density at radius 2 is 2.28 bits per heavy atom. The molecule has 9 heteroatoms. The van der Waals surface area contributed by atoms with Crippen molar-refractivity contribution in [3.8, 4) is 0 Å². The Morgan fingerprint density at radius 3 is 2.89 bits per heavy atom. The molecule has 0 radical (unpaired) electrons. The van der Waals surface area contributed by atoms with Gasteiger partial charge in [-0.1, -0.05) is 0 Å². The van der Waals surface area contributed by atoms with Gasteiger partial charge in [-0.2, -0.15) is 15.4 Å². The number of benzene rings is 1. The smallest absolute Gasteiger partial charge is 0.285 e. The van der Waals surface area contributed by atoms with Gasteiger partial charge in [-0.25, -0.2) is 0 Å². The minimum atomic E-state index is -0.546. The normalized spacial score (nSPS) is 10.1. The van der Waals surface area contributed by atoms with Crippen molar-refractivity contribution in [2.75, 3.05) is 5.32 Å². The third-order valence-corrected chi connectivity index (χ3v) is 2.72. The summed E-state index contributed by atoms with van der Waals surface area (Å²) in [6.07, 6.45) is 1.25. The SMILES string of the molecule is O=C(Nc1ccc(Br)c([N+](=O)[O-])c1)c1cn[nH]n1. The van der Waals surface area contributed by atoms with Gasteiger partial charge in [-0.05, 0) is 28.1 Å². The molecule has 0 aliphatic rings. The van der Waals surface area contributed by atoms with E-state index in [1.807, 2.05) is 0 Å². The molecule has 0 atom stereocenters. The third kappa shape index (κ3) is 2.51. The van der Waals surface area contributed by atoms with Gasteiger partial charge in [0.1, 0.15) is 0 Å². The number of hydrogen-bond acceptors (Lipinski definition) is 5. The molecule has 0 unspecified atom stereocenters. The summed E-state index contributed by atoms with van der Waals surface area (Å²) in [7, 11) is 0. The van der Waals surface area contributed by atoms with E-state index in [-0.39, 0.29) is 11.4 Å². The van der Waals surface area contributed by atoms with Gasteiger partial charge in [0, 0.05) is 11.8 Å². The van der Waals surface area contributed by atoms with E-state index in [1.165, 1.54) is 24.4 Å². The number of H-pyrrole nitrogens is 1. The summed E-state index contributed by atoms with van der Waals surface area (Å²) in [5.74, 6) is -0.500. The first-order valence-electron chi connectivity index (χ1n) is 4.69. The number of rotatable bonds is 3. The Bertz CT molecular complexity index is 598. The number of aromatic amines is 1. The molecule has 0 spiro atoms. The lowest BCUT2D eigenvalue weighted by atomic mass is 10.2. The quantitative estimate of drug-likeness (QED) is 0.661. The molecule has 1 aromatic heterocycles. The number of carbonyl (C=O) groups is 1. The van der Waals surface area contributed by atoms with Gasteiger partial charge >= 0.3 is 0 Å². The number of hydrogen-bond donors (Lipinski definition) is 2. The Labute approximate surface area is 109 Å². The molecule has 1 heterocycles. The molecule has 0 fully saturated rings. The van der Waals surface area contributed by atoms with E-state index in [0.29, 0.717) is 10.2 Å². The van der Waals surface area contributed by atoms with E-state index in [0.717, 1.165) is 0 Å². The van der Waals surface area contributed by atoms with Crippen LogP contribution in [0, 0.1) is 10.1 Å². The van der Waals surface area contributed by atoms with Gasteiger partial charge in [-0.3, -0.25) is 14.9 Å². The van der Waals surface area contributed by atoms with Crippen LogP contribution in [-0.4, -0.2) is 26.2 Å². The number of anilines is 1. The number of nitrogens with one attached hydrogen (secondary N) is 2. The Balaban J connectivity index is 2.22. The molecule has 8 nitrogen and oxygen atoms in total. The first-order valence-corrected chi connectivity index (χ1v) is 5.48. The van der Waals surface area contributed by atoms with Crippen LogP contribution in [0.15, 0.2) is 28.9 Å². The van der Waals surface area contributed by atoms with Crippen molar-refractivity contribution >= 4 is 33.2 Å². The molecule has 0 aliphatic heterocycles. The number of nitro benzene ring substituents is 1. The van der Waals surface area contributed by atoms with E-state index in [2.05, 4.69) is 36.7 Å². The van der Waals surface area contributed by atoms with E-state index < -0.39 is 10.8 Å². The molecule has 2 rings (SSSR count). The second-order valence-corrected chi connectivity index (χ2v) is 4.09. The van der Waals surface area contributed by atoms with E-state index in [9.17, 15) is 14.9 Å². The van der Waals surface area contributed by atoms with Crippen molar-refractivity contribution < 1.29 is 9.72 Å². The predicted octanol–water partition coefficient (Wildman–Crippen LogP) is 1.73. The Kier molecular flexibility index (Phi) is 3.33. The average Bonchev–Trinajstić information content (AvgIpc) is 2.85. The van der Waals surface area contributed by atoms with Gasteiger partial charge in [0.15, 0.2) is 5.69 Å². The monoisotopic (exact) mass is 311 g/mol. The number of nitrogens with zero attached hydrogens (tertiary/aromatic N) is 3. The van der Waals surface area contributed by atoms with Crippen LogP contribution in [0.2, 0.25) is 0 Å². The van der Waals surface area contributed by atoms with Crippen LogP contribution < -0.4 is 5.32 Å². The topological polar surface area (TPSA) is 114 Å². The zero-order valence-electron chi connectivity index (χ0n) is 8.75. The maximum Gasteiger partial charge on any atom is 0.285 e. The highest BCUT2D eigenvalue weighted by Crippen LogP contribution is 2.27. The first kappa shape index (κ1) is 12.2. The molecule has 0 aliphatic carbocycles. The van der Waals surface area contributed by atoms with Crippen molar-refractivity contribution in [1.29, 1.82) is 0 Å². The van der Waals surface area contributed by atoms with Crippen molar-refractivity contribution in [2.45, 2.75) is 0 Å². The lowest BCUT2D eigenvalue weighted by molar-refractivity contribution is -0.385. The second kappa shape index (κ2) is 4.92.